The Morgan fingerprint density at radius 3 is 2.29 bits per heavy atom. The van der Waals surface area contributed by atoms with Crippen molar-refractivity contribution in [3.63, 3.8) is 0 Å². The van der Waals surface area contributed by atoms with E-state index in [0.717, 1.165) is 23.8 Å². The zero-order valence-electron chi connectivity index (χ0n) is 12.5. The second-order valence-electron chi connectivity index (χ2n) is 5.49. The highest BCUT2D eigenvalue weighted by molar-refractivity contribution is 7.50. The molecule has 1 aromatic carbocycles. The van der Waals surface area contributed by atoms with Gasteiger partial charge in [-0.25, -0.2) is 4.57 Å². The average Bonchev–Trinajstić information content (AvgIpc) is 2.47. The van der Waals surface area contributed by atoms with Gasteiger partial charge in [-0.2, -0.15) is 4.76 Å². The van der Waals surface area contributed by atoms with Gasteiger partial charge in [-0.3, -0.25) is 0 Å². The van der Waals surface area contributed by atoms with Crippen molar-refractivity contribution in [2.24, 2.45) is 10.7 Å². The van der Waals surface area contributed by atoms with Crippen molar-refractivity contribution in [1.29, 1.82) is 0 Å². The topological polar surface area (TPSA) is 151 Å². The highest BCUT2D eigenvalue weighted by atomic mass is 31.2. The summed E-state index contributed by atoms with van der Waals surface area (Å²) in [4.78, 5) is 17.9. The lowest BCUT2D eigenvalue weighted by Gasteiger charge is -2.31. The summed E-state index contributed by atoms with van der Waals surface area (Å²) in [6.07, 6.45) is 3.40. The van der Waals surface area contributed by atoms with Gasteiger partial charge in [0.25, 0.3) is 0 Å². The maximum absolute atomic E-state index is 11.1. The minimum absolute atomic E-state index is 0.0827. The number of aryl methyl sites for hydroxylation is 1. The van der Waals surface area contributed by atoms with Crippen molar-refractivity contribution in [3.8, 4) is 5.75 Å². The van der Waals surface area contributed by atoms with E-state index in [1.807, 2.05) is 0 Å². The molecule has 0 saturated heterocycles. The molecule has 24 heavy (non-hydrogen) atoms. The Kier molecular flexibility index (Phi) is 5.27. The van der Waals surface area contributed by atoms with Gasteiger partial charge in [0.15, 0.2) is 5.79 Å². The zero-order valence-corrected chi connectivity index (χ0v) is 13.4. The standard InChI is InChI=1S/C15H18NO7P/c17-11-3-1-10(2-4-11)7-8-15(19,20)13-9-12(18)5-6-14(13)16-24(21,22)23/h1-6,9,13,17-20H,7-8H2,(H2,21,22,23)/b16-14+. The first kappa shape index (κ1) is 18.4. The van der Waals surface area contributed by atoms with Crippen molar-refractivity contribution in [2.45, 2.75) is 18.6 Å². The average molecular weight is 355 g/mol. The summed E-state index contributed by atoms with van der Waals surface area (Å²) < 4.78 is 14.3. The van der Waals surface area contributed by atoms with Crippen molar-refractivity contribution in [3.05, 3.63) is 53.8 Å². The molecule has 1 aliphatic carbocycles. The molecular formula is C15H18NO7P. The SMILES string of the molecule is O=P(O)(O)/N=C1\C=CC(O)=CC1C(O)(O)CCc1ccc(O)cc1. The number of rotatable bonds is 5. The van der Waals surface area contributed by atoms with E-state index < -0.39 is 19.5 Å². The molecule has 0 aliphatic heterocycles. The van der Waals surface area contributed by atoms with Gasteiger partial charge in [0.05, 0.1) is 11.6 Å². The van der Waals surface area contributed by atoms with Crippen LogP contribution in [0.1, 0.15) is 12.0 Å². The van der Waals surface area contributed by atoms with Crippen LogP contribution in [0.15, 0.2) is 53.0 Å². The van der Waals surface area contributed by atoms with Gasteiger partial charge in [-0.15, -0.1) is 0 Å². The molecule has 6 N–H and O–H groups in total. The predicted octanol–water partition coefficient (Wildman–Crippen LogP) is 1.17. The summed E-state index contributed by atoms with van der Waals surface area (Å²) in [5.41, 5.74) is 0.491. The van der Waals surface area contributed by atoms with Gasteiger partial charge in [0.2, 0.25) is 0 Å². The van der Waals surface area contributed by atoms with Crippen LogP contribution in [-0.2, 0) is 11.0 Å². The summed E-state index contributed by atoms with van der Waals surface area (Å²) in [5.74, 6) is -3.86. The Labute approximate surface area is 138 Å². The van der Waals surface area contributed by atoms with Crippen molar-refractivity contribution < 1.29 is 34.8 Å². The number of nitrogens with zero attached hydrogens (tertiary/aromatic N) is 1. The van der Waals surface area contributed by atoms with E-state index in [4.69, 9.17) is 9.79 Å². The molecule has 0 heterocycles. The van der Waals surface area contributed by atoms with Crippen molar-refractivity contribution >= 4 is 13.5 Å². The summed E-state index contributed by atoms with van der Waals surface area (Å²) >= 11 is 0. The van der Waals surface area contributed by atoms with E-state index in [1.54, 1.807) is 12.1 Å². The molecule has 1 unspecified atom stereocenters. The number of phenolic OH excluding ortho intramolecular Hbond substituents is 1. The number of aromatic hydroxyl groups is 1. The van der Waals surface area contributed by atoms with Gasteiger partial charge in [0.1, 0.15) is 11.5 Å². The fraction of sp³-hybridized carbons (Fsp3) is 0.267. The van der Waals surface area contributed by atoms with Gasteiger partial charge in [0, 0.05) is 6.42 Å². The van der Waals surface area contributed by atoms with Gasteiger partial charge in [-0.05, 0) is 42.3 Å². The Bertz CT molecular complexity index is 731. The number of hydrogen-bond donors (Lipinski definition) is 6. The van der Waals surface area contributed by atoms with Crippen LogP contribution in [0.25, 0.3) is 0 Å². The molecule has 0 fully saturated rings. The van der Waals surface area contributed by atoms with Gasteiger partial charge in [-0.1, -0.05) is 12.1 Å². The molecule has 8 nitrogen and oxygen atoms in total. The third-order valence-electron chi connectivity index (χ3n) is 3.54. The minimum atomic E-state index is -4.77. The lowest BCUT2D eigenvalue weighted by molar-refractivity contribution is -0.178. The smallest absolute Gasteiger partial charge is 0.448 e. The summed E-state index contributed by atoms with van der Waals surface area (Å²) in [7, 11) is -4.77. The third kappa shape index (κ3) is 5.02. The first-order chi connectivity index (χ1) is 11.1. The van der Waals surface area contributed by atoms with Gasteiger partial charge < -0.3 is 30.2 Å². The quantitative estimate of drug-likeness (QED) is 0.343. The molecule has 1 atom stereocenters. The molecule has 130 valence electrons. The maximum atomic E-state index is 11.1. The van der Waals surface area contributed by atoms with E-state index in [2.05, 4.69) is 4.76 Å². The number of aliphatic hydroxyl groups is 3. The molecule has 1 aliphatic rings. The van der Waals surface area contributed by atoms with Crippen LogP contribution in [-0.4, -0.2) is 41.7 Å². The maximum Gasteiger partial charge on any atom is 0.448 e. The molecule has 0 bridgehead atoms. The second kappa shape index (κ2) is 6.88. The monoisotopic (exact) mass is 355 g/mol. The van der Waals surface area contributed by atoms with E-state index in [0.29, 0.717) is 0 Å². The number of hydrogen-bond acceptors (Lipinski definition) is 5. The lowest BCUT2D eigenvalue weighted by Crippen LogP contribution is -2.42. The second-order valence-corrected chi connectivity index (χ2v) is 6.71. The Hall–Kier alpha value is -1.96. The van der Waals surface area contributed by atoms with Gasteiger partial charge >= 0.3 is 7.75 Å². The molecule has 1 aromatic rings. The molecular weight excluding hydrogens is 337 g/mol. The molecule has 0 aromatic heterocycles. The first-order valence-corrected chi connectivity index (χ1v) is 8.60. The van der Waals surface area contributed by atoms with Crippen LogP contribution < -0.4 is 0 Å². The molecule has 0 saturated carbocycles. The van der Waals surface area contributed by atoms with E-state index in [-0.39, 0.29) is 30.1 Å². The van der Waals surface area contributed by atoms with E-state index in [1.165, 1.54) is 12.1 Å². The zero-order chi connectivity index (χ0) is 18.0. The highest BCUT2D eigenvalue weighted by Crippen LogP contribution is 2.39. The summed E-state index contributed by atoms with van der Waals surface area (Å²) in [6.45, 7) is 0. The van der Waals surface area contributed by atoms with Crippen LogP contribution in [0.2, 0.25) is 0 Å². The van der Waals surface area contributed by atoms with Crippen LogP contribution in [0.3, 0.4) is 0 Å². The first-order valence-electron chi connectivity index (χ1n) is 7.04. The Morgan fingerprint density at radius 1 is 1.08 bits per heavy atom. The number of benzene rings is 1. The number of allylic oxidation sites excluding steroid dienone is 2. The molecule has 0 radical (unpaired) electrons. The molecule has 0 spiro atoms. The van der Waals surface area contributed by atoms with E-state index in [9.17, 15) is 25.0 Å². The predicted molar refractivity (Wildman–Crippen MR) is 86.4 cm³/mol. The third-order valence-corrected chi connectivity index (χ3v) is 4.03. The normalized spacial score (nSPS) is 20.2. The largest absolute Gasteiger partial charge is 0.508 e. The Balaban J connectivity index is 2.21. The minimum Gasteiger partial charge on any atom is -0.508 e. The van der Waals surface area contributed by atoms with E-state index >= 15 is 0 Å². The fourth-order valence-corrected chi connectivity index (χ4v) is 2.84. The molecule has 2 rings (SSSR count). The van der Waals surface area contributed by atoms with Crippen LogP contribution in [0.5, 0.6) is 5.75 Å². The molecule has 0 amide bonds. The fourth-order valence-electron chi connectivity index (χ4n) is 2.35. The molecule has 9 heteroatoms. The Morgan fingerprint density at radius 2 is 1.71 bits per heavy atom. The van der Waals surface area contributed by atoms with Crippen LogP contribution >= 0.6 is 7.75 Å². The summed E-state index contributed by atoms with van der Waals surface area (Å²) in [5, 5.41) is 39.4. The van der Waals surface area contributed by atoms with Crippen molar-refractivity contribution in [1.82, 2.24) is 0 Å². The van der Waals surface area contributed by atoms with Crippen molar-refractivity contribution in [2.75, 3.05) is 0 Å². The summed E-state index contributed by atoms with van der Waals surface area (Å²) in [6, 6.07) is 6.15. The number of aliphatic hydroxyl groups excluding tert-OH is 1. The lowest BCUT2D eigenvalue weighted by atomic mass is 9.86. The van der Waals surface area contributed by atoms with Crippen LogP contribution in [0, 0.1) is 5.92 Å². The number of phenols is 1. The highest BCUT2D eigenvalue weighted by Gasteiger charge is 2.38. The van der Waals surface area contributed by atoms with Crippen LogP contribution in [0.4, 0.5) is 0 Å².